The zero-order chi connectivity index (χ0) is 16.1. The molecular weight excluding hydrogens is 293 g/mol. The minimum atomic E-state index is -4.36. The van der Waals surface area contributed by atoms with Crippen molar-refractivity contribution in [3.63, 3.8) is 0 Å². The van der Waals surface area contributed by atoms with Gasteiger partial charge in [-0.05, 0) is 29.5 Å². The van der Waals surface area contributed by atoms with Gasteiger partial charge in [0.1, 0.15) is 5.78 Å². The third-order valence-electron chi connectivity index (χ3n) is 4.33. The molecule has 0 aromatic heterocycles. The third-order valence-corrected chi connectivity index (χ3v) is 4.33. The molecule has 0 bridgehead atoms. The predicted octanol–water partition coefficient (Wildman–Crippen LogP) is 3.39. The topological polar surface area (TPSA) is 41.5 Å². The van der Waals surface area contributed by atoms with Crippen LogP contribution < -0.4 is 5.43 Å². The van der Waals surface area contributed by atoms with Crippen LogP contribution >= 0.6 is 0 Å². The Balaban J connectivity index is 1.86. The molecule has 1 saturated carbocycles. The molecular formula is C16H17F3N2O. The molecule has 0 radical (unpaired) electrons. The summed E-state index contributed by atoms with van der Waals surface area (Å²) in [5.41, 5.74) is 3.34. The van der Waals surface area contributed by atoms with Crippen LogP contribution in [0.4, 0.5) is 13.2 Å². The average Bonchev–Trinajstić information content (AvgIpc) is 2.80. The smallest absolute Gasteiger partial charge is 0.306 e. The SMILES string of the molecule is CC1(C)CC(=O)C2C(c3ccc(C(F)(F)F)cc3)=NNC2C1. The molecule has 3 rings (SSSR count). The zero-order valence-electron chi connectivity index (χ0n) is 12.4. The van der Waals surface area contributed by atoms with Gasteiger partial charge in [-0.25, -0.2) is 0 Å². The molecule has 118 valence electrons. The molecule has 6 heteroatoms. The molecule has 1 aliphatic carbocycles. The molecule has 1 aromatic carbocycles. The van der Waals surface area contributed by atoms with E-state index in [2.05, 4.69) is 10.5 Å². The van der Waals surface area contributed by atoms with E-state index >= 15 is 0 Å². The van der Waals surface area contributed by atoms with Crippen LogP contribution in [0.2, 0.25) is 0 Å². The number of rotatable bonds is 1. The van der Waals surface area contributed by atoms with Gasteiger partial charge in [0.05, 0.1) is 23.2 Å². The average molecular weight is 310 g/mol. The van der Waals surface area contributed by atoms with Gasteiger partial charge in [-0.15, -0.1) is 0 Å². The number of carbonyl (C=O) groups is 1. The largest absolute Gasteiger partial charge is 0.416 e. The maximum atomic E-state index is 12.6. The van der Waals surface area contributed by atoms with Gasteiger partial charge in [-0.2, -0.15) is 18.3 Å². The van der Waals surface area contributed by atoms with E-state index in [0.29, 0.717) is 17.7 Å². The number of alkyl halides is 3. The van der Waals surface area contributed by atoms with Gasteiger partial charge in [0, 0.05) is 6.42 Å². The monoisotopic (exact) mass is 310 g/mol. The number of carbonyl (C=O) groups excluding carboxylic acids is 1. The molecule has 1 aliphatic heterocycles. The summed E-state index contributed by atoms with van der Waals surface area (Å²) in [6.07, 6.45) is -3.08. The van der Waals surface area contributed by atoms with Crippen LogP contribution in [0.15, 0.2) is 29.4 Å². The first-order valence-electron chi connectivity index (χ1n) is 7.21. The van der Waals surface area contributed by atoms with Gasteiger partial charge in [0.15, 0.2) is 0 Å². The standard InChI is InChI=1S/C16H17F3N2O/c1-15(2)7-11-13(12(22)8-15)14(21-20-11)9-3-5-10(6-4-9)16(17,18)19/h3-6,11,13,20H,7-8H2,1-2H3. The number of fused-ring (bicyclic) bond motifs is 1. The molecule has 1 N–H and O–H groups in total. The van der Waals surface area contributed by atoms with Gasteiger partial charge >= 0.3 is 6.18 Å². The van der Waals surface area contributed by atoms with Crippen LogP contribution in [0.3, 0.4) is 0 Å². The number of hydrogen-bond acceptors (Lipinski definition) is 3. The Morgan fingerprint density at radius 1 is 1.23 bits per heavy atom. The second kappa shape index (κ2) is 4.83. The lowest BCUT2D eigenvalue weighted by Crippen LogP contribution is -2.45. The summed E-state index contributed by atoms with van der Waals surface area (Å²) in [4.78, 5) is 12.4. The Bertz CT molecular complexity index is 632. The molecule has 22 heavy (non-hydrogen) atoms. The first-order valence-corrected chi connectivity index (χ1v) is 7.21. The van der Waals surface area contributed by atoms with Crippen LogP contribution in [0, 0.1) is 11.3 Å². The van der Waals surface area contributed by atoms with Crippen molar-refractivity contribution >= 4 is 11.5 Å². The van der Waals surface area contributed by atoms with Crippen molar-refractivity contribution in [3.05, 3.63) is 35.4 Å². The van der Waals surface area contributed by atoms with Gasteiger partial charge in [0.2, 0.25) is 0 Å². The molecule has 1 heterocycles. The van der Waals surface area contributed by atoms with E-state index in [4.69, 9.17) is 0 Å². The first kappa shape index (κ1) is 15.1. The fourth-order valence-electron chi connectivity index (χ4n) is 3.35. The van der Waals surface area contributed by atoms with Gasteiger partial charge < -0.3 is 5.43 Å². The summed E-state index contributed by atoms with van der Waals surface area (Å²) in [6, 6.07) is 4.77. The van der Waals surface area contributed by atoms with Crippen LogP contribution in [0.25, 0.3) is 0 Å². The second-order valence-corrected chi connectivity index (χ2v) is 6.80. The molecule has 0 amide bonds. The summed E-state index contributed by atoms with van der Waals surface area (Å²) in [5.74, 6) is -0.255. The van der Waals surface area contributed by atoms with Crippen molar-refractivity contribution in [1.82, 2.24) is 5.43 Å². The number of benzene rings is 1. The minimum Gasteiger partial charge on any atom is -0.306 e. The Morgan fingerprint density at radius 3 is 2.45 bits per heavy atom. The van der Waals surface area contributed by atoms with E-state index in [9.17, 15) is 18.0 Å². The van der Waals surface area contributed by atoms with Gasteiger partial charge in [-0.3, -0.25) is 4.79 Å². The van der Waals surface area contributed by atoms with Gasteiger partial charge in [0.25, 0.3) is 0 Å². The molecule has 0 saturated heterocycles. The number of hydrazone groups is 1. The summed E-state index contributed by atoms with van der Waals surface area (Å²) >= 11 is 0. The predicted molar refractivity (Wildman–Crippen MR) is 76.4 cm³/mol. The number of hydrogen-bond donors (Lipinski definition) is 1. The summed E-state index contributed by atoms with van der Waals surface area (Å²) in [6.45, 7) is 4.08. The Kier molecular flexibility index (Phi) is 3.30. The Labute approximate surface area is 126 Å². The maximum Gasteiger partial charge on any atom is 0.416 e. The van der Waals surface area contributed by atoms with Crippen molar-refractivity contribution in [2.45, 2.75) is 38.9 Å². The number of nitrogens with zero attached hydrogens (tertiary/aromatic N) is 1. The quantitative estimate of drug-likeness (QED) is 0.864. The highest BCUT2D eigenvalue weighted by atomic mass is 19.4. The van der Waals surface area contributed by atoms with E-state index in [1.165, 1.54) is 12.1 Å². The van der Waals surface area contributed by atoms with E-state index in [-0.39, 0.29) is 23.2 Å². The summed E-state index contributed by atoms with van der Waals surface area (Å²) in [7, 11) is 0. The molecule has 2 aliphatic rings. The fourth-order valence-corrected chi connectivity index (χ4v) is 3.35. The fraction of sp³-hybridized carbons (Fsp3) is 0.500. The lowest BCUT2D eigenvalue weighted by Gasteiger charge is -2.36. The third kappa shape index (κ3) is 2.62. The van der Waals surface area contributed by atoms with Crippen molar-refractivity contribution in [2.75, 3.05) is 0 Å². The lowest BCUT2D eigenvalue weighted by molar-refractivity contribution is -0.137. The number of halogens is 3. The molecule has 1 aromatic rings. The lowest BCUT2D eigenvalue weighted by atomic mass is 9.68. The first-order chi connectivity index (χ1) is 10.2. The van der Waals surface area contributed by atoms with Crippen molar-refractivity contribution in [1.29, 1.82) is 0 Å². The molecule has 0 spiro atoms. The second-order valence-electron chi connectivity index (χ2n) is 6.80. The minimum absolute atomic E-state index is 0.0615. The maximum absolute atomic E-state index is 12.6. The summed E-state index contributed by atoms with van der Waals surface area (Å²) < 4.78 is 37.8. The van der Waals surface area contributed by atoms with Gasteiger partial charge in [-0.1, -0.05) is 26.0 Å². The van der Waals surface area contributed by atoms with Crippen molar-refractivity contribution in [2.24, 2.45) is 16.4 Å². The Morgan fingerprint density at radius 2 is 1.86 bits per heavy atom. The molecule has 2 atom stereocenters. The van der Waals surface area contributed by atoms with E-state index < -0.39 is 11.7 Å². The molecule has 2 unspecified atom stereocenters. The highest BCUT2D eigenvalue weighted by Gasteiger charge is 2.46. The van der Waals surface area contributed by atoms with Crippen LogP contribution in [0.1, 0.15) is 37.8 Å². The Hall–Kier alpha value is -1.85. The number of Topliss-reactive ketones (excluding diaryl/α,β-unsaturated/α-hetero) is 1. The van der Waals surface area contributed by atoms with E-state index in [1.54, 1.807) is 0 Å². The molecule has 3 nitrogen and oxygen atoms in total. The van der Waals surface area contributed by atoms with Crippen LogP contribution in [-0.4, -0.2) is 17.5 Å². The number of ketones is 1. The van der Waals surface area contributed by atoms with Crippen LogP contribution in [0.5, 0.6) is 0 Å². The highest BCUT2D eigenvalue weighted by Crippen LogP contribution is 2.39. The number of nitrogens with one attached hydrogen (secondary N) is 1. The highest BCUT2D eigenvalue weighted by molar-refractivity contribution is 6.15. The zero-order valence-corrected chi connectivity index (χ0v) is 12.4. The molecule has 1 fully saturated rings. The normalized spacial score (nSPS) is 27.1. The van der Waals surface area contributed by atoms with Crippen LogP contribution in [-0.2, 0) is 11.0 Å². The van der Waals surface area contributed by atoms with E-state index in [0.717, 1.165) is 18.6 Å². The van der Waals surface area contributed by atoms with Crippen molar-refractivity contribution < 1.29 is 18.0 Å². The van der Waals surface area contributed by atoms with Crippen molar-refractivity contribution in [3.8, 4) is 0 Å². The summed E-state index contributed by atoms with van der Waals surface area (Å²) in [5, 5.41) is 4.22. The van der Waals surface area contributed by atoms with E-state index in [1.807, 2.05) is 13.8 Å².